The van der Waals surface area contributed by atoms with Crippen LogP contribution in [-0.4, -0.2) is 13.1 Å². The van der Waals surface area contributed by atoms with Crippen LogP contribution in [0, 0.1) is 0 Å². The van der Waals surface area contributed by atoms with Crippen LogP contribution in [0.15, 0.2) is 16.6 Å². The van der Waals surface area contributed by atoms with Crippen molar-refractivity contribution in [2.24, 2.45) is 0 Å². The Hall–Kier alpha value is -0.340. The second-order valence-corrected chi connectivity index (χ2v) is 5.89. The molecule has 0 amide bonds. The molecule has 86 valence electrons. The van der Waals surface area contributed by atoms with E-state index in [9.17, 15) is 0 Å². The summed E-state index contributed by atoms with van der Waals surface area (Å²) in [6, 6.07) is 4.83. The smallest absolute Gasteiger partial charge is 0.0212 e. The van der Waals surface area contributed by atoms with Crippen LogP contribution in [0.25, 0.3) is 0 Å². The van der Waals surface area contributed by atoms with E-state index in [0.29, 0.717) is 0 Å². The lowest BCUT2D eigenvalue weighted by atomic mass is 9.90. The number of aryl methyl sites for hydroxylation is 1. The maximum Gasteiger partial charge on any atom is 0.0212 e. The highest BCUT2D eigenvalue weighted by Crippen LogP contribution is 2.34. The number of benzene rings is 1. The number of fused-ring (bicyclic) bond motifs is 1. The third kappa shape index (κ3) is 1.93. The van der Waals surface area contributed by atoms with Gasteiger partial charge in [-0.2, -0.15) is 0 Å². The van der Waals surface area contributed by atoms with Gasteiger partial charge in [-0.15, -0.1) is 0 Å². The first-order valence-corrected chi connectivity index (χ1v) is 7.16. The summed E-state index contributed by atoms with van der Waals surface area (Å²) in [5.74, 6) is 0.732. The first-order chi connectivity index (χ1) is 7.84. The predicted molar refractivity (Wildman–Crippen MR) is 71.0 cm³/mol. The van der Waals surface area contributed by atoms with Crippen molar-refractivity contribution in [3.8, 4) is 0 Å². The van der Waals surface area contributed by atoms with Crippen LogP contribution in [-0.2, 0) is 12.8 Å². The molecule has 0 bridgehead atoms. The maximum atomic E-state index is 3.74. The minimum Gasteiger partial charge on any atom is -0.316 e. The van der Waals surface area contributed by atoms with Crippen molar-refractivity contribution in [2.75, 3.05) is 13.1 Å². The van der Waals surface area contributed by atoms with Crippen molar-refractivity contribution in [1.82, 2.24) is 5.32 Å². The fourth-order valence-corrected chi connectivity index (χ4v) is 3.76. The first kappa shape index (κ1) is 10.8. The molecule has 0 spiro atoms. The molecule has 1 aromatic rings. The van der Waals surface area contributed by atoms with Crippen LogP contribution in [0.1, 0.15) is 41.9 Å². The summed E-state index contributed by atoms with van der Waals surface area (Å²) >= 11 is 3.74. The largest absolute Gasteiger partial charge is 0.316 e. The lowest BCUT2D eigenvalue weighted by Gasteiger charge is -2.24. The van der Waals surface area contributed by atoms with E-state index in [2.05, 4.69) is 33.4 Å². The zero-order valence-electron chi connectivity index (χ0n) is 9.56. The Kier molecular flexibility index (Phi) is 3.03. The van der Waals surface area contributed by atoms with E-state index in [1.54, 1.807) is 16.7 Å². The normalized spacial score (nSPS) is 24.4. The molecule has 1 fully saturated rings. The zero-order chi connectivity index (χ0) is 11.0. The summed E-state index contributed by atoms with van der Waals surface area (Å²) in [5, 5.41) is 3.51. The average molecular weight is 280 g/mol. The van der Waals surface area contributed by atoms with Gasteiger partial charge in [0.1, 0.15) is 0 Å². The van der Waals surface area contributed by atoms with Gasteiger partial charge in [0, 0.05) is 11.0 Å². The molecule has 0 radical (unpaired) electrons. The van der Waals surface area contributed by atoms with Crippen LogP contribution in [0.3, 0.4) is 0 Å². The maximum absolute atomic E-state index is 3.74. The molecular formula is C14H18BrN. The third-order valence-electron chi connectivity index (χ3n) is 3.95. The van der Waals surface area contributed by atoms with Gasteiger partial charge in [0.25, 0.3) is 0 Å². The summed E-state index contributed by atoms with van der Waals surface area (Å²) < 4.78 is 1.35. The molecule has 1 N–H and O–H groups in total. The Bertz CT molecular complexity index is 394. The molecule has 1 nitrogen and oxygen atoms in total. The number of nitrogens with one attached hydrogen (secondary N) is 1. The summed E-state index contributed by atoms with van der Waals surface area (Å²) in [5.41, 5.74) is 4.70. The predicted octanol–water partition coefficient (Wildman–Crippen LogP) is 3.40. The van der Waals surface area contributed by atoms with Gasteiger partial charge in [0.15, 0.2) is 0 Å². The van der Waals surface area contributed by atoms with Gasteiger partial charge < -0.3 is 5.32 Å². The van der Waals surface area contributed by atoms with E-state index in [1.165, 1.54) is 43.1 Å². The molecule has 0 aromatic heterocycles. The van der Waals surface area contributed by atoms with E-state index in [4.69, 9.17) is 0 Å². The molecule has 0 unspecified atom stereocenters. The first-order valence-electron chi connectivity index (χ1n) is 6.36. The fraction of sp³-hybridized carbons (Fsp3) is 0.571. The molecule has 3 rings (SSSR count). The highest BCUT2D eigenvalue weighted by atomic mass is 79.9. The second kappa shape index (κ2) is 4.50. The molecule has 1 aliphatic carbocycles. The van der Waals surface area contributed by atoms with Crippen molar-refractivity contribution >= 4 is 15.9 Å². The second-order valence-electron chi connectivity index (χ2n) is 5.04. The molecule has 0 saturated carbocycles. The lowest BCUT2D eigenvalue weighted by Crippen LogP contribution is -2.28. The number of rotatable bonds is 1. The van der Waals surface area contributed by atoms with E-state index < -0.39 is 0 Å². The number of hydrogen-bond acceptors (Lipinski definition) is 1. The van der Waals surface area contributed by atoms with Gasteiger partial charge in [-0.3, -0.25) is 0 Å². The molecular weight excluding hydrogens is 262 g/mol. The topological polar surface area (TPSA) is 12.0 Å². The molecule has 1 aromatic carbocycles. The van der Waals surface area contributed by atoms with Crippen LogP contribution < -0.4 is 5.32 Å². The van der Waals surface area contributed by atoms with E-state index in [-0.39, 0.29) is 0 Å². The van der Waals surface area contributed by atoms with E-state index in [1.807, 2.05) is 0 Å². The Morgan fingerprint density at radius 1 is 1.19 bits per heavy atom. The van der Waals surface area contributed by atoms with Gasteiger partial charge in [-0.05, 0) is 67.3 Å². The molecule has 1 atom stereocenters. The minimum atomic E-state index is 0.732. The Morgan fingerprint density at radius 2 is 2.12 bits per heavy atom. The Morgan fingerprint density at radius 3 is 2.94 bits per heavy atom. The van der Waals surface area contributed by atoms with E-state index >= 15 is 0 Å². The quantitative estimate of drug-likeness (QED) is 0.831. The van der Waals surface area contributed by atoms with Crippen molar-refractivity contribution < 1.29 is 0 Å². The van der Waals surface area contributed by atoms with Gasteiger partial charge in [0.2, 0.25) is 0 Å². The van der Waals surface area contributed by atoms with Gasteiger partial charge in [0.05, 0.1) is 0 Å². The van der Waals surface area contributed by atoms with E-state index in [0.717, 1.165) is 12.5 Å². The average Bonchev–Trinajstić information content (AvgIpc) is 2.79. The summed E-state index contributed by atoms with van der Waals surface area (Å²) in [4.78, 5) is 0. The molecule has 2 heteroatoms. The Balaban J connectivity index is 1.92. The van der Waals surface area contributed by atoms with Crippen molar-refractivity contribution in [3.05, 3.63) is 33.3 Å². The molecule has 1 aliphatic heterocycles. The van der Waals surface area contributed by atoms with Gasteiger partial charge in [-0.1, -0.05) is 22.0 Å². The summed E-state index contributed by atoms with van der Waals surface area (Å²) in [6.45, 7) is 2.35. The highest BCUT2D eigenvalue weighted by molar-refractivity contribution is 9.10. The van der Waals surface area contributed by atoms with Crippen molar-refractivity contribution in [2.45, 2.75) is 38.0 Å². The monoisotopic (exact) mass is 279 g/mol. The number of piperidine rings is 1. The minimum absolute atomic E-state index is 0.732. The van der Waals surface area contributed by atoms with Crippen LogP contribution in [0.5, 0.6) is 0 Å². The molecule has 16 heavy (non-hydrogen) atoms. The van der Waals surface area contributed by atoms with Crippen molar-refractivity contribution in [1.29, 1.82) is 0 Å². The number of halogens is 1. The molecule has 1 saturated heterocycles. The summed E-state index contributed by atoms with van der Waals surface area (Å²) in [6.07, 6.45) is 6.54. The molecule has 2 aliphatic rings. The number of hydrogen-bond donors (Lipinski definition) is 1. The van der Waals surface area contributed by atoms with Gasteiger partial charge >= 0.3 is 0 Å². The SMILES string of the molecule is Brc1cc([C@H]2CCCNC2)cc2c1CCC2. The highest BCUT2D eigenvalue weighted by Gasteiger charge is 2.20. The standard InChI is InChI=1S/C14H18BrN/c15-14-8-12(11-4-2-6-16-9-11)7-10-3-1-5-13(10)14/h7-8,11,16H,1-6,9H2/t11-/m0/s1. The van der Waals surface area contributed by atoms with Crippen LogP contribution in [0.2, 0.25) is 0 Å². The lowest BCUT2D eigenvalue weighted by molar-refractivity contribution is 0.461. The van der Waals surface area contributed by atoms with Crippen LogP contribution >= 0.6 is 15.9 Å². The Labute approximate surface area is 106 Å². The van der Waals surface area contributed by atoms with Gasteiger partial charge in [-0.25, -0.2) is 0 Å². The van der Waals surface area contributed by atoms with Crippen LogP contribution in [0.4, 0.5) is 0 Å². The third-order valence-corrected chi connectivity index (χ3v) is 4.66. The molecule has 1 heterocycles. The fourth-order valence-electron chi connectivity index (χ4n) is 3.05. The summed E-state index contributed by atoms with van der Waals surface area (Å²) in [7, 11) is 0. The van der Waals surface area contributed by atoms with Crippen molar-refractivity contribution in [3.63, 3.8) is 0 Å². The zero-order valence-corrected chi connectivity index (χ0v) is 11.1.